The highest BCUT2D eigenvalue weighted by molar-refractivity contribution is 5.99. The average molecular weight is 357 g/mol. The van der Waals surface area contributed by atoms with Gasteiger partial charge in [0.25, 0.3) is 0 Å². The summed E-state index contributed by atoms with van der Waals surface area (Å²) in [6, 6.07) is 6.05. The fourth-order valence-corrected chi connectivity index (χ4v) is 4.43. The first kappa shape index (κ1) is 18.9. The smallest absolute Gasteiger partial charge is 0.230 e. The van der Waals surface area contributed by atoms with Crippen molar-refractivity contribution in [3.05, 3.63) is 23.8 Å². The lowest BCUT2D eigenvalue weighted by atomic mass is 9.97. The highest BCUT2D eigenvalue weighted by Crippen LogP contribution is 2.35. The largest absolute Gasteiger partial charge is 0.326 e. The molecule has 1 aliphatic carbocycles. The Morgan fingerprint density at radius 1 is 1.15 bits per heavy atom. The Morgan fingerprint density at radius 3 is 2.50 bits per heavy atom. The summed E-state index contributed by atoms with van der Waals surface area (Å²) in [6.45, 7) is 5.02. The van der Waals surface area contributed by atoms with Crippen molar-refractivity contribution in [3.63, 3.8) is 0 Å². The Hall–Kier alpha value is -1.84. The first-order valence-corrected chi connectivity index (χ1v) is 10.4. The molecule has 4 heteroatoms. The van der Waals surface area contributed by atoms with Gasteiger partial charge in [-0.2, -0.15) is 0 Å². The van der Waals surface area contributed by atoms with E-state index in [1.165, 1.54) is 18.4 Å². The number of hydrogen-bond acceptors (Lipinski definition) is 2. The fourth-order valence-electron chi connectivity index (χ4n) is 4.43. The number of anilines is 2. The third-order valence-corrected chi connectivity index (χ3v) is 5.86. The van der Waals surface area contributed by atoms with Crippen molar-refractivity contribution in [2.45, 2.75) is 71.6 Å². The first-order chi connectivity index (χ1) is 12.6. The summed E-state index contributed by atoms with van der Waals surface area (Å²) in [6.07, 6.45) is 9.20. The second-order valence-corrected chi connectivity index (χ2v) is 7.83. The molecular formula is C22H32N2O2. The Balaban J connectivity index is 1.72. The quantitative estimate of drug-likeness (QED) is 0.754. The lowest BCUT2D eigenvalue weighted by Crippen LogP contribution is -2.33. The van der Waals surface area contributed by atoms with Crippen LogP contribution in [0.25, 0.3) is 0 Å². The van der Waals surface area contributed by atoms with Crippen molar-refractivity contribution in [2.75, 3.05) is 16.8 Å². The van der Waals surface area contributed by atoms with Gasteiger partial charge >= 0.3 is 0 Å². The molecule has 2 aliphatic rings. The van der Waals surface area contributed by atoms with Gasteiger partial charge in [-0.1, -0.05) is 45.6 Å². The zero-order valence-electron chi connectivity index (χ0n) is 16.2. The van der Waals surface area contributed by atoms with Gasteiger partial charge in [0.05, 0.1) is 0 Å². The van der Waals surface area contributed by atoms with E-state index in [1.807, 2.05) is 17.0 Å². The molecule has 1 aromatic rings. The van der Waals surface area contributed by atoms with Gasteiger partial charge in [-0.3, -0.25) is 9.59 Å². The standard InChI is InChI=1S/C22H32N2O2/c1-3-7-17(8-4-2)21(25)23-19-12-11-16-13-14-24(20(16)15-19)22(26)18-9-5-6-10-18/h11-12,15,17-18H,3-10,13-14H2,1-2H3,(H,23,25). The van der Waals surface area contributed by atoms with Crippen LogP contribution in [0.15, 0.2) is 18.2 Å². The van der Waals surface area contributed by atoms with Crippen LogP contribution in [0.5, 0.6) is 0 Å². The molecule has 1 N–H and O–H groups in total. The normalized spacial score (nSPS) is 17.0. The van der Waals surface area contributed by atoms with E-state index in [1.54, 1.807) is 0 Å². The highest BCUT2D eigenvalue weighted by atomic mass is 16.2. The van der Waals surface area contributed by atoms with Gasteiger partial charge in [-0.25, -0.2) is 0 Å². The SMILES string of the molecule is CCCC(CCC)C(=O)Nc1ccc2c(c1)N(C(=O)C1CCCC1)CC2. The molecule has 2 amide bonds. The summed E-state index contributed by atoms with van der Waals surface area (Å²) in [5.74, 6) is 0.659. The van der Waals surface area contributed by atoms with Crippen molar-refractivity contribution in [1.82, 2.24) is 0 Å². The molecule has 1 aliphatic heterocycles. The zero-order chi connectivity index (χ0) is 18.5. The number of nitrogens with one attached hydrogen (secondary N) is 1. The van der Waals surface area contributed by atoms with Crippen LogP contribution in [0, 0.1) is 11.8 Å². The molecule has 26 heavy (non-hydrogen) atoms. The summed E-state index contributed by atoms with van der Waals surface area (Å²) in [5, 5.41) is 3.09. The fraction of sp³-hybridized carbons (Fsp3) is 0.636. The van der Waals surface area contributed by atoms with E-state index in [-0.39, 0.29) is 23.7 Å². The van der Waals surface area contributed by atoms with Crippen molar-refractivity contribution >= 4 is 23.2 Å². The van der Waals surface area contributed by atoms with Crippen LogP contribution in [0.2, 0.25) is 0 Å². The molecule has 3 rings (SSSR count). The Bertz CT molecular complexity index is 644. The summed E-state index contributed by atoms with van der Waals surface area (Å²) >= 11 is 0. The van der Waals surface area contributed by atoms with Crippen molar-refractivity contribution in [3.8, 4) is 0 Å². The monoisotopic (exact) mass is 356 g/mol. The molecule has 0 saturated heterocycles. The van der Waals surface area contributed by atoms with Gasteiger partial charge in [0.1, 0.15) is 0 Å². The molecule has 0 aromatic heterocycles. The molecule has 0 radical (unpaired) electrons. The third-order valence-electron chi connectivity index (χ3n) is 5.86. The number of amides is 2. The van der Waals surface area contributed by atoms with Gasteiger partial charge in [0, 0.05) is 29.8 Å². The molecule has 0 unspecified atom stereocenters. The minimum absolute atomic E-state index is 0.0782. The molecule has 1 heterocycles. The molecule has 4 nitrogen and oxygen atoms in total. The van der Waals surface area contributed by atoms with Crippen LogP contribution >= 0.6 is 0 Å². The lowest BCUT2D eigenvalue weighted by Gasteiger charge is -2.22. The van der Waals surface area contributed by atoms with E-state index in [0.29, 0.717) is 0 Å². The van der Waals surface area contributed by atoms with Gasteiger partial charge < -0.3 is 10.2 Å². The first-order valence-electron chi connectivity index (χ1n) is 10.4. The van der Waals surface area contributed by atoms with Gasteiger partial charge in [0.2, 0.25) is 11.8 Å². The minimum atomic E-state index is 0.0782. The van der Waals surface area contributed by atoms with Crippen LogP contribution in [0.3, 0.4) is 0 Å². The van der Waals surface area contributed by atoms with E-state index in [9.17, 15) is 9.59 Å². The molecule has 0 bridgehead atoms. The second kappa shape index (κ2) is 8.70. The number of carbonyl (C=O) groups excluding carboxylic acids is 2. The van der Waals surface area contributed by atoms with Crippen molar-refractivity contribution in [1.29, 1.82) is 0 Å². The molecular weight excluding hydrogens is 324 g/mol. The molecule has 142 valence electrons. The van der Waals surface area contributed by atoms with Crippen LogP contribution in [0.4, 0.5) is 11.4 Å². The van der Waals surface area contributed by atoms with E-state index in [0.717, 1.165) is 62.9 Å². The Morgan fingerprint density at radius 2 is 1.85 bits per heavy atom. The summed E-state index contributed by atoms with van der Waals surface area (Å²) in [4.78, 5) is 27.4. The maximum atomic E-state index is 12.9. The molecule has 0 atom stereocenters. The topological polar surface area (TPSA) is 49.4 Å². The Kier molecular flexibility index (Phi) is 6.33. The summed E-state index contributed by atoms with van der Waals surface area (Å²) < 4.78 is 0. The van der Waals surface area contributed by atoms with E-state index >= 15 is 0 Å². The maximum absolute atomic E-state index is 12.9. The van der Waals surface area contributed by atoms with E-state index < -0.39 is 0 Å². The van der Waals surface area contributed by atoms with Crippen LogP contribution in [-0.2, 0) is 16.0 Å². The average Bonchev–Trinajstić information content (AvgIpc) is 3.30. The second-order valence-electron chi connectivity index (χ2n) is 7.83. The van der Waals surface area contributed by atoms with Crippen LogP contribution < -0.4 is 10.2 Å². The lowest BCUT2D eigenvalue weighted by molar-refractivity contribution is -0.122. The van der Waals surface area contributed by atoms with Gasteiger partial charge in [-0.05, 0) is 49.8 Å². The van der Waals surface area contributed by atoms with Gasteiger partial charge in [0.15, 0.2) is 0 Å². The van der Waals surface area contributed by atoms with E-state index in [4.69, 9.17) is 0 Å². The zero-order valence-corrected chi connectivity index (χ0v) is 16.2. The van der Waals surface area contributed by atoms with Crippen molar-refractivity contribution in [2.24, 2.45) is 11.8 Å². The number of nitrogens with zero attached hydrogens (tertiary/aromatic N) is 1. The molecule has 1 aromatic carbocycles. The Labute approximate surface area is 157 Å². The summed E-state index contributed by atoms with van der Waals surface area (Å²) in [7, 11) is 0. The molecule has 0 spiro atoms. The number of carbonyl (C=O) groups is 2. The van der Waals surface area contributed by atoms with Crippen molar-refractivity contribution < 1.29 is 9.59 Å². The number of benzene rings is 1. The molecule has 1 fully saturated rings. The van der Waals surface area contributed by atoms with Crippen LogP contribution in [-0.4, -0.2) is 18.4 Å². The number of fused-ring (bicyclic) bond motifs is 1. The minimum Gasteiger partial charge on any atom is -0.326 e. The molecule has 1 saturated carbocycles. The highest BCUT2D eigenvalue weighted by Gasteiger charge is 2.32. The van der Waals surface area contributed by atoms with E-state index in [2.05, 4.69) is 25.2 Å². The number of hydrogen-bond donors (Lipinski definition) is 1. The predicted octanol–water partition coefficient (Wildman–Crippen LogP) is 4.92. The van der Waals surface area contributed by atoms with Gasteiger partial charge in [-0.15, -0.1) is 0 Å². The van der Waals surface area contributed by atoms with Crippen LogP contribution in [0.1, 0.15) is 70.8 Å². The number of rotatable bonds is 7. The summed E-state index contributed by atoms with van der Waals surface area (Å²) in [5.41, 5.74) is 3.03. The predicted molar refractivity (Wildman–Crippen MR) is 106 cm³/mol. The third kappa shape index (κ3) is 4.11. The maximum Gasteiger partial charge on any atom is 0.230 e.